The molecular weight excluding hydrogens is 1530 g/mol. The van der Waals surface area contributed by atoms with Gasteiger partial charge in [0.1, 0.15) is 80.6 Å². The van der Waals surface area contributed by atoms with E-state index in [9.17, 15) is 96.8 Å². The smallest absolute Gasteiger partial charge is 0.248 e. The lowest BCUT2D eigenvalue weighted by Crippen LogP contribution is -2.68. The summed E-state index contributed by atoms with van der Waals surface area (Å²) in [5.74, 6) is -14.0. The van der Waals surface area contributed by atoms with Crippen LogP contribution in [-0.4, -0.2) is 262 Å². The molecule has 10 atom stereocenters. The van der Waals surface area contributed by atoms with Crippen molar-refractivity contribution in [2.75, 3.05) is 32.8 Å². The summed E-state index contributed by atoms with van der Waals surface area (Å²) in [6.45, 7) is 24.8. The zero-order valence-corrected chi connectivity index (χ0v) is 71.4. The fourth-order valence-electron chi connectivity index (χ4n) is 13.7. The summed E-state index contributed by atoms with van der Waals surface area (Å²) < 4.78 is 0. The molecule has 37 nitrogen and oxygen atoms in total. The van der Waals surface area contributed by atoms with Gasteiger partial charge >= 0.3 is 0 Å². The summed E-state index contributed by atoms with van der Waals surface area (Å²) in [6.07, 6.45) is -3.03. The minimum absolute atomic E-state index is 0.0107. The first-order valence-electron chi connectivity index (χ1n) is 39.7. The number of carbonyl (C=O) groups excluding carboxylic acids is 17. The van der Waals surface area contributed by atoms with E-state index < -0.39 is 225 Å². The molecule has 18 N–H and O–H groups in total. The number of carbonyl (C=O) groups is 17. The SMILES string of the molecule is CC[C@@](C)(NC(=O)[C@@H](CC(C)C)NC(=O)CNC(=O)C(C)(C)NC(=O)C(C)(C)NC(=O)C(C)(C)NC(=O)C(C)(C)NC(=O)[C@@H](Cc1ccccc1)NC(C)=O)C(=O)NC(C)(C)C(=O)N1C[C@H](O)C[C@@H]1C(=O)N[C@H](CCC(N)=O)C(=O)NC(C)(C)C(=O)N1C[C@H](O)C[C@@H]1C(=O)NC(C)(C)C(=O)N1CCC[C@H]1C(=O)N[C@@H](CO)Cc1ccccc1. The van der Waals surface area contributed by atoms with Gasteiger partial charge in [0.2, 0.25) is 100 Å². The number of likely N-dealkylation sites (tertiary alicyclic amines) is 3. The number of amides is 17. The lowest BCUT2D eigenvalue weighted by Gasteiger charge is -2.37. The highest BCUT2D eigenvalue weighted by Gasteiger charge is 2.52. The van der Waals surface area contributed by atoms with Crippen LogP contribution in [0.3, 0.4) is 0 Å². The van der Waals surface area contributed by atoms with Gasteiger partial charge in [-0.1, -0.05) is 81.4 Å². The van der Waals surface area contributed by atoms with Gasteiger partial charge in [0.15, 0.2) is 0 Å². The molecular formula is C81H125N17O20. The molecule has 5 rings (SSSR count). The molecule has 0 unspecified atom stereocenters. The van der Waals surface area contributed by atoms with Gasteiger partial charge in [-0.25, -0.2) is 0 Å². The Bertz CT molecular complexity index is 4060. The molecule has 0 bridgehead atoms. The predicted molar refractivity (Wildman–Crippen MR) is 431 cm³/mol. The van der Waals surface area contributed by atoms with Crippen LogP contribution < -0.4 is 74.9 Å². The maximum absolute atomic E-state index is 14.7. The first kappa shape index (κ1) is 97.9. The minimum atomic E-state index is -1.93. The van der Waals surface area contributed by atoms with Crippen molar-refractivity contribution >= 4 is 100 Å². The maximum atomic E-state index is 14.7. The van der Waals surface area contributed by atoms with Gasteiger partial charge in [-0.3, -0.25) is 81.5 Å². The highest BCUT2D eigenvalue weighted by molar-refractivity contribution is 6.04. The number of nitrogens with two attached hydrogens (primary N) is 1. The first-order valence-corrected chi connectivity index (χ1v) is 39.7. The summed E-state index contributed by atoms with van der Waals surface area (Å²) in [4.78, 5) is 239. The fraction of sp³-hybridized carbons (Fsp3) is 0.642. The van der Waals surface area contributed by atoms with Crippen molar-refractivity contribution in [3.8, 4) is 0 Å². The van der Waals surface area contributed by atoms with Crippen molar-refractivity contribution < 1.29 is 96.8 Å². The van der Waals surface area contributed by atoms with E-state index in [0.717, 1.165) is 20.9 Å². The van der Waals surface area contributed by atoms with Crippen LogP contribution in [0.25, 0.3) is 0 Å². The van der Waals surface area contributed by atoms with E-state index in [-0.39, 0.29) is 57.7 Å². The van der Waals surface area contributed by atoms with Gasteiger partial charge in [0.25, 0.3) is 0 Å². The number of nitrogens with one attached hydrogen (secondary N) is 13. The van der Waals surface area contributed by atoms with E-state index in [4.69, 9.17) is 5.73 Å². The Labute approximate surface area is 689 Å². The van der Waals surface area contributed by atoms with E-state index in [2.05, 4.69) is 69.1 Å². The number of rotatable bonds is 39. The molecule has 17 amide bonds. The third-order valence-corrected chi connectivity index (χ3v) is 20.9. The largest absolute Gasteiger partial charge is 0.394 e. The number of nitrogens with zero attached hydrogens (tertiary/aromatic N) is 3. The van der Waals surface area contributed by atoms with Crippen LogP contribution in [0.1, 0.15) is 194 Å². The first-order chi connectivity index (χ1) is 54.4. The van der Waals surface area contributed by atoms with Gasteiger partial charge in [-0.15, -0.1) is 0 Å². The second-order valence-electron chi connectivity index (χ2n) is 35.2. The van der Waals surface area contributed by atoms with E-state index in [0.29, 0.717) is 19.3 Å². The van der Waals surface area contributed by atoms with Crippen molar-refractivity contribution in [1.82, 2.24) is 83.8 Å². The lowest BCUT2D eigenvalue weighted by atomic mass is 9.93. The standard InChI is InChI=1S/C81H125N17O20/c1-20-81(19,91-62(107)53(36-45(2)3)86-59(104)41-83-66(111)74(5,6)92-68(113)76(9,10)94-69(114)77(11,12)93-67(112)75(7,8)88-61(106)54(84-46(4)100)38-48-30-25-22-26-31-48)70(115)95-80(17,18)73(118)97-42-50(101)39-56(97)64(109)87-52(33-34-58(82)103)60(105)89-79(15,16)72(117)98-43-51(102)40-57(98)65(110)90-78(13,14)71(116)96-35-27-32-55(96)63(108)85-49(44-99)37-47-28-23-21-24-29-47/h21-26,28-31,45,49-57,99,101-102H,20,27,32-44H2,1-19H3,(H2,82,103)(H,83,111)(H,84,100)(H,85,108)(H,86,104)(H,87,109)(H,88,106)(H,89,105)(H,90,110)(H,91,107)(H,92,113)(H,93,112)(H,94,114)(H,95,115)/t49-,50-,51-,52-,53-,54-,55+,56-,57-,81-/m1/s1. The lowest BCUT2D eigenvalue weighted by molar-refractivity contribution is -0.148. The second-order valence-corrected chi connectivity index (χ2v) is 35.2. The molecule has 3 aliphatic rings. The normalized spacial score (nSPS) is 18.8. The molecule has 3 heterocycles. The van der Waals surface area contributed by atoms with E-state index in [1.54, 1.807) is 51.1 Å². The highest BCUT2D eigenvalue weighted by Crippen LogP contribution is 2.29. The fourth-order valence-corrected chi connectivity index (χ4v) is 13.7. The minimum Gasteiger partial charge on any atom is -0.394 e. The predicted octanol–water partition coefficient (Wildman–Crippen LogP) is -2.69. The number of aliphatic hydroxyl groups is 3. The highest BCUT2D eigenvalue weighted by atomic mass is 16.3. The topological polar surface area (TPSA) is 543 Å². The summed E-state index contributed by atoms with van der Waals surface area (Å²) >= 11 is 0. The Morgan fingerprint density at radius 3 is 1.36 bits per heavy atom. The number of aliphatic hydroxyl groups excluding tert-OH is 3. The van der Waals surface area contributed by atoms with Crippen LogP contribution in [0.15, 0.2) is 60.7 Å². The molecule has 2 aromatic carbocycles. The Kier molecular flexibility index (Phi) is 33.3. The zero-order chi connectivity index (χ0) is 89.3. The third kappa shape index (κ3) is 26.9. The average molecular weight is 1660 g/mol. The van der Waals surface area contributed by atoms with Gasteiger partial charge in [-0.2, -0.15) is 0 Å². The van der Waals surface area contributed by atoms with Crippen LogP contribution in [0.5, 0.6) is 0 Å². The van der Waals surface area contributed by atoms with Crippen LogP contribution in [0.2, 0.25) is 0 Å². The third-order valence-electron chi connectivity index (χ3n) is 20.9. The quantitative estimate of drug-likeness (QED) is 0.0324. The molecule has 3 saturated heterocycles. The van der Waals surface area contributed by atoms with Crippen molar-refractivity contribution in [2.24, 2.45) is 11.7 Å². The van der Waals surface area contributed by atoms with Crippen LogP contribution in [0, 0.1) is 5.92 Å². The van der Waals surface area contributed by atoms with E-state index in [1.807, 2.05) is 30.3 Å². The zero-order valence-electron chi connectivity index (χ0n) is 71.4. The molecule has 3 fully saturated rings. The van der Waals surface area contributed by atoms with E-state index >= 15 is 0 Å². The maximum Gasteiger partial charge on any atom is 0.248 e. The number of hydrogen-bond donors (Lipinski definition) is 17. The molecule has 118 heavy (non-hydrogen) atoms. The molecule has 654 valence electrons. The van der Waals surface area contributed by atoms with E-state index in [1.165, 1.54) is 116 Å². The summed E-state index contributed by atoms with van der Waals surface area (Å²) in [6, 6.07) is 9.57. The molecule has 3 aliphatic heterocycles. The van der Waals surface area contributed by atoms with Gasteiger partial charge < -0.3 is 105 Å². The van der Waals surface area contributed by atoms with Crippen molar-refractivity contribution in [3.63, 3.8) is 0 Å². The second kappa shape index (κ2) is 40.2. The monoisotopic (exact) mass is 1660 g/mol. The van der Waals surface area contributed by atoms with Crippen LogP contribution in [0.4, 0.5) is 0 Å². The number of primary amides is 1. The molecule has 0 aromatic heterocycles. The van der Waals surface area contributed by atoms with Gasteiger partial charge in [-0.05, 0) is 159 Å². The van der Waals surface area contributed by atoms with Gasteiger partial charge in [0, 0.05) is 52.2 Å². The summed E-state index contributed by atoms with van der Waals surface area (Å²) in [5.41, 5.74) is -7.05. The number of hydrogen-bond acceptors (Lipinski definition) is 20. The van der Waals surface area contributed by atoms with Crippen LogP contribution >= 0.6 is 0 Å². The summed E-state index contributed by atoms with van der Waals surface area (Å²) in [5, 5.41) is 66.0. The van der Waals surface area contributed by atoms with Crippen molar-refractivity contribution in [1.29, 1.82) is 0 Å². The molecule has 0 aliphatic carbocycles. The molecule has 37 heteroatoms. The number of benzene rings is 2. The van der Waals surface area contributed by atoms with Gasteiger partial charge in [0.05, 0.1) is 31.4 Å². The molecule has 0 saturated carbocycles. The Morgan fingerprint density at radius 1 is 0.466 bits per heavy atom. The number of β-amino-alcohol motifs (C(OH)–C–C–N with tert-alkyl or cyclic N) is 2. The van der Waals surface area contributed by atoms with Crippen LogP contribution in [-0.2, 0) is 94.3 Å². The molecule has 2 aromatic rings. The Hall–Kier alpha value is -10.7. The average Bonchev–Trinajstić information content (AvgIpc) is 1.62. The summed E-state index contributed by atoms with van der Waals surface area (Å²) in [7, 11) is 0. The van der Waals surface area contributed by atoms with Crippen molar-refractivity contribution in [3.05, 3.63) is 71.8 Å². The Balaban J connectivity index is 1.18. The van der Waals surface area contributed by atoms with Crippen molar-refractivity contribution in [2.45, 2.75) is 295 Å². The molecule has 0 spiro atoms. The molecule has 0 radical (unpaired) electrons. The Morgan fingerprint density at radius 2 is 0.881 bits per heavy atom.